The SMILES string of the molecule is CC(C)CCNC(=O)CNc1cc(Cl)cc(Cl)c1. The highest BCUT2D eigenvalue weighted by Crippen LogP contribution is 2.22. The molecule has 0 unspecified atom stereocenters. The Hall–Kier alpha value is -0.930. The van der Waals surface area contributed by atoms with Gasteiger partial charge in [0.1, 0.15) is 0 Å². The Labute approximate surface area is 118 Å². The number of halogens is 2. The van der Waals surface area contributed by atoms with Crippen molar-refractivity contribution in [2.75, 3.05) is 18.4 Å². The van der Waals surface area contributed by atoms with Gasteiger partial charge < -0.3 is 10.6 Å². The third kappa shape index (κ3) is 6.12. The van der Waals surface area contributed by atoms with Gasteiger partial charge in [0.15, 0.2) is 0 Å². The molecule has 0 heterocycles. The standard InChI is InChI=1S/C13H18Cl2N2O/c1-9(2)3-4-16-13(18)8-17-12-6-10(14)5-11(15)7-12/h5-7,9,17H,3-4,8H2,1-2H3,(H,16,18). The van der Waals surface area contributed by atoms with Gasteiger partial charge in [-0.2, -0.15) is 0 Å². The van der Waals surface area contributed by atoms with Gasteiger partial charge in [-0.05, 0) is 30.5 Å². The maximum atomic E-state index is 11.5. The van der Waals surface area contributed by atoms with Crippen LogP contribution in [0.15, 0.2) is 18.2 Å². The van der Waals surface area contributed by atoms with Gasteiger partial charge in [-0.15, -0.1) is 0 Å². The molecule has 0 aliphatic heterocycles. The molecule has 1 amide bonds. The second-order valence-electron chi connectivity index (χ2n) is 4.54. The zero-order chi connectivity index (χ0) is 13.5. The minimum absolute atomic E-state index is 0.0354. The summed E-state index contributed by atoms with van der Waals surface area (Å²) in [5.74, 6) is 0.553. The molecule has 0 spiro atoms. The predicted octanol–water partition coefficient (Wildman–Crippen LogP) is 3.57. The molecule has 0 aliphatic carbocycles. The normalized spacial score (nSPS) is 10.5. The van der Waals surface area contributed by atoms with Gasteiger partial charge in [0.05, 0.1) is 6.54 Å². The van der Waals surface area contributed by atoms with E-state index >= 15 is 0 Å². The number of hydrogen-bond acceptors (Lipinski definition) is 2. The lowest BCUT2D eigenvalue weighted by molar-refractivity contribution is -0.119. The molecule has 0 atom stereocenters. The van der Waals surface area contributed by atoms with E-state index < -0.39 is 0 Å². The van der Waals surface area contributed by atoms with Crippen LogP contribution in [0.1, 0.15) is 20.3 Å². The molecule has 0 saturated carbocycles. The van der Waals surface area contributed by atoms with E-state index in [1.807, 2.05) is 0 Å². The molecule has 18 heavy (non-hydrogen) atoms. The highest BCUT2D eigenvalue weighted by Gasteiger charge is 2.03. The topological polar surface area (TPSA) is 41.1 Å². The fraction of sp³-hybridized carbons (Fsp3) is 0.462. The lowest BCUT2D eigenvalue weighted by Crippen LogP contribution is -2.31. The molecule has 0 saturated heterocycles. The van der Waals surface area contributed by atoms with Crippen molar-refractivity contribution in [3.05, 3.63) is 28.2 Å². The van der Waals surface area contributed by atoms with Crippen LogP contribution in [0, 0.1) is 5.92 Å². The van der Waals surface area contributed by atoms with Crippen LogP contribution in [-0.4, -0.2) is 19.0 Å². The average Bonchev–Trinajstić information content (AvgIpc) is 2.24. The first-order chi connectivity index (χ1) is 8.47. The summed E-state index contributed by atoms with van der Waals surface area (Å²) in [5.41, 5.74) is 0.742. The highest BCUT2D eigenvalue weighted by molar-refractivity contribution is 6.35. The van der Waals surface area contributed by atoms with Crippen LogP contribution in [0.3, 0.4) is 0 Å². The van der Waals surface area contributed by atoms with Crippen molar-refractivity contribution < 1.29 is 4.79 Å². The maximum absolute atomic E-state index is 11.5. The van der Waals surface area contributed by atoms with Crippen molar-refractivity contribution >= 4 is 34.8 Å². The summed E-state index contributed by atoms with van der Waals surface area (Å²) in [5, 5.41) is 6.92. The van der Waals surface area contributed by atoms with Gasteiger partial charge in [-0.1, -0.05) is 37.0 Å². The Balaban J connectivity index is 2.33. The van der Waals surface area contributed by atoms with E-state index in [1.54, 1.807) is 18.2 Å². The van der Waals surface area contributed by atoms with Crippen molar-refractivity contribution in [2.24, 2.45) is 5.92 Å². The molecular weight excluding hydrogens is 271 g/mol. The third-order valence-electron chi connectivity index (χ3n) is 2.36. The van der Waals surface area contributed by atoms with Crippen LogP contribution in [0.5, 0.6) is 0 Å². The molecule has 1 aromatic carbocycles. The van der Waals surface area contributed by atoms with Crippen LogP contribution in [0.25, 0.3) is 0 Å². The van der Waals surface area contributed by atoms with Crippen molar-refractivity contribution in [2.45, 2.75) is 20.3 Å². The second kappa shape index (κ2) is 7.49. The molecular formula is C13H18Cl2N2O. The van der Waals surface area contributed by atoms with E-state index in [1.165, 1.54) is 0 Å². The molecule has 100 valence electrons. The number of hydrogen-bond donors (Lipinski definition) is 2. The summed E-state index contributed by atoms with van der Waals surface area (Å²) in [6.07, 6.45) is 0.981. The van der Waals surface area contributed by atoms with E-state index in [-0.39, 0.29) is 12.5 Å². The number of benzene rings is 1. The Morgan fingerprint density at radius 2 is 1.83 bits per heavy atom. The third-order valence-corrected chi connectivity index (χ3v) is 2.80. The molecule has 0 aromatic heterocycles. The monoisotopic (exact) mass is 288 g/mol. The quantitative estimate of drug-likeness (QED) is 0.840. The molecule has 3 nitrogen and oxygen atoms in total. The van der Waals surface area contributed by atoms with Crippen LogP contribution in [0.2, 0.25) is 10.0 Å². The number of amides is 1. The van der Waals surface area contributed by atoms with Gasteiger partial charge in [0.2, 0.25) is 5.91 Å². The molecule has 0 radical (unpaired) electrons. The minimum atomic E-state index is -0.0354. The molecule has 1 aromatic rings. The number of anilines is 1. The lowest BCUT2D eigenvalue weighted by atomic mass is 10.1. The van der Waals surface area contributed by atoms with Crippen LogP contribution in [0.4, 0.5) is 5.69 Å². The first-order valence-electron chi connectivity index (χ1n) is 5.94. The predicted molar refractivity (Wildman–Crippen MR) is 77.4 cm³/mol. The molecule has 5 heteroatoms. The largest absolute Gasteiger partial charge is 0.376 e. The number of nitrogens with one attached hydrogen (secondary N) is 2. The van der Waals surface area contributed by atoms with Gasteiger partial charge in [0, 0.05) is 22.3 Å². The smallest absolute Gasteiger partial charge is 0.239 e. The first-order valence-corrected chi connectivity index (χ1v) is 6.69. The zero-order valence-electron chi connectivity index (χ0n) is 10.6. The zero-order valence-corrected chi connectivity index (χ0v) is 12.1. The van der Waals surface area contributed by atoms with E-state index in [9.17, 15) is 4.79 Å². The van der Waals surface area contributed by atoms with Crippen molar-refractivity contribution in [3.63, 3.8) is 0 Å². The molecule has 1 rings (SSSR count). The number of carbonyl (C=O) groups is 1. The van der Waals surface area contributed by atoms with Crippen molar-refractivity contribution in [3.8, 4) is 0 Å². The fourth-order valence-electron chi connectivity index (χ4n) is 1.40. The average molecular weight is 289 g/mol. The van der Waals surface area contributed by atoms with E-state index in [0.29, 0.717) is 22.5 Å². The van der Waals surface area contributed by atoms with Crippen molar-refractivity contribution in [1.29, 1.82) is 0 Å². The summed E-state index contributed by atoms with van der Waals surface area (Å²) in [6, 6.07) is 5.11. The fourth-order valence-corrected chi connectivity index (χ4v) is 1.93. The van der Waals surface area contributed by atoms with Crippen LogP contribution < -0.4 is 10.6 Å². The van der Waals surface area contributed by atoms with Gasteiger partial charge in [0.25, 0.3) is 0 Å². The lowest BCUT2D eigenvalue weighted by Gasteiger charge is -2.09. The Morgan fingerprint density at radius 3 is 2.39 bits per heavy atom. The number of rotatable bonds is 6. The Morgan fingerprint density at radius 1 is 1.22 bits per heavy atom. The van der Waals surface area contributed by atoms with Crippen LogP contribution >= 0.6 is 23.2 Å². The summed E-state index contributed by atoms with van der Waals surface area (Å²) >= 11 is 11.7. The number of carbonyl (C=O) groups excluding carboxylic acids is 1. The van der Waals surface area contributed by atoms with E-state index in [0.717, 1.165) is 12.1 Å². The van der Waals surface area contributed by atoms with Gasteiger partial charge >= 0.3 is 0 Å². The first kappa shape index (κ1) is 15.1. The molecule has 0 bridgehead atoms. The van der Waals surface area contributed by atoms with E-state index in [2.05, 4.69) is 24.5 Å². The Bertz CT molecular complexity index is 388. The van der Waals surface area contributed by atoms with Crippen LogP contribution in [-0.2, 0) is 4.79 Å². The minimum Gasteiger partial charge on any atom is -0.376 e. The highest BCUT2D eigenvalue weighted by atomic mass is 35.5. The van der Waals surface area contributed by atoms with Gasteiger partial charge in [-0.25, -0.2) is 0 Å². The summed E-state index contributed by atoms with van der Waals surface area (Å²) in [7, 11) is 0. The molecule has 0 fully saturated rings. The van der Waals surface area contributed by atoms with Gasteiger partial charge in [-0.3, -0.25) is 4.79 Å². The maximum Gasteiger partial charge on any atom is 0.239 e. The molecule has 2 N–H and O–H groups in total. The second-order valence-corrected chi connectivity index (χ2v) is 5.42. The summed E-state index contributed by atoms with van der Waals surface area (Å²) < 4.78 is 0. The summed E-state index contributed by atoms with van der Waals surface area (Å²) in [4.78, 5) is 11.5. The molecule has 0 aliphatic rings. The Kier molecular flexibility index (Phi) is 6.30. The van der Waals surface area contributed by atoms with Crippen molar-refractivity contribution in [1.82, 2.24) is 5.32 Å². The summed E-state index contributed by atoms with van der Waals surface area (Å²) in [6.45, 7) is 5.17. The van der Waals surface area contributed by atoms with E-state index in [4.69, 9.17) is 23.2 Å².